The van der Waals surface area contributed by atoms with Gasteiger partial charge in [0.1, 0.15) is 0 Å². The van der Waals surface area contributed by atoms with Gasteiger partial charge < -0.3 is 5.32 Å². The second-order valence-electron chi connectivity index (χ2n) is 7.85. The van der Waals surface area contributed by atoms with Gasteiger partial charge in [-0.25, -0.2) is 0 Å². The van der Waals surface area contributed by atoms with Crippen molar-refractivity contribution in [1.82, 2.24) is 0 Å². The quantitative estimate of drug-likeness (QED) is 0.593. The van der Waals surface area contributed by atoms with Crippen molar-refractivity contribution < 1.29 is 9.59 Å². The Bertz CT molecular complexity index is 981. The van der Waals surface area contributed by atoms with Crippen LogP contribution in [-0.4, -0.2) is 17.9 Å². The zero-order chi connectivity index (χ0) is 21.1. The highest BCUT2D eigenvalue weighted by Gasteiger charge is 2.39. The number of fused-ring (bicyclic) bond motifs is 1. The number of thioether (sulfide) groups is 1. The molecule has 4 rings (SSSR count). The second-order valence-corrected chi connectivity index (χ2v) is 8.73. The summed E-state index contributed by atoms with van der Waals surface area (Å²) in [7, 11) is 0. The van der Waals surface area contributed by atoms with Crippen LogP contribution in [0.2, 0.25) is 0 Å². The summed E-state index contributed by atoms with van der Waals surface area (Å²) >= 11 is 1.69. The molecule has 1 aliphatic carbocycles. The summed E-state index contributed by atoms with van der Waals surface area (Å²) in [6.45, 7) is 2.09. The van der Waals surface area contributed by atoms with Gasteiger partial charge in [-0.05, 0) is 55.3 Å². The van der Waals surface area contributed by atoms with E-state index in [1.54, 1.807) is 11.8 Å². The summed E-state index contributed by atoms with van der Waals surface area (Å²) < 4.78 is 0. The first kappa shape index (κ1) is 20.7. The molecule has 2 aromatic rings. The van der Waals surface area contributed by atoms with Crippen LogP contribution in [0.15, 0.2) is 64.7 Å². The molecular weight excluding hydrogens is 392 g/mol. The average molecular weight is 421 g/mol. The van der Waals surface area contributed by atoms with Crippen molar-refractivity contribution in [2.75, 3.05) is 16.5 Å². The monoisotopic (exact) mass is 420 g/mol. The maximum Gasteiger partial charge on any atom is 0.227 e. The molecule has 5 heteroatoms. The first-order valence-electron chi connectivity index (χ1n) is 10.7. The van der Waals surface area contributed by atoms with E-state index in [-0.39, 0.29) is 11.7 Å². The van der Waals surface area contributed by atoms with Crippen LogP contribution in [0.5, 0.6) is 0 Å². The van der Waals surface area contributed by atoms with Crippen molar-refractivity contribution in [2.45, 2.75) is 56.4 Å². The van der Waals surface area contributed by atoms with Crippen molar-refractivity contribution in [3.8, 4) is 0 Å². The third-order valence-corrected chi connectivity index (χ3v) is 6.62. The van der Waals surface area contributed by atoms with E-state index in [1.165, 1.54) is 4.90 Å². The van der Waals surface area contributed by atoms with Crippen LogP contribution in [0.4, 0.5) is 11.4 Å². The van der Waals surface area contributed by atoms with E-state index >= 15 is 0 Å². The maximum atomic E-state index is 13.5. The summed E-state index contributed by atoms with van der Waals surface area (Å²) in [6, 6.07) is 15.8. The number of rotatable bonds is 5. The lowest BCUT2D eigenvalue weighted by atomic mass is 9.85. The molecule has 1 aliphatic heterocycles. The fraction of sp³-hybridized carbons (Fsp3) is 0.360. The number of para-hydroxylation sites is 2. The molecule has 0 bridgehead atoms. The van der Waals surface area contributed by atoms with Crippen LogP contribution in [0.1, 0.15) is 57.1 Å². The first-order chi connectivity index (χ1) is 14.6. The highest BCUT2D eigenvalue weighted by Crippen LogP contribution is 2.45. The van der Waals surface area contributed by atoms with Gasteiger partial charge in [-0.2, -0.15) is 0 Å². The molecule has 2 aliphatic rings. The van der Waals surface area contributed by atoms with Crippen LogP contribution in [-0.2, 0) is 9.59 Å². The lowest BCUT2D eigenvalue weighted by Crippen LogP contribution is -2.37. The smallest absolute Gasteiger partial charge is 0.227 e. The summed E-state index contributed by atoms with van der Waals surface area (Å²) in [5.41, 5.74) is 4.44. The molecule has 156 valence electrons. The number of benzene rings is 2. The van der Waals surface area contributed by atoms with E-state index in [1.807, 2.05) is 35.4 Å². The normalized spacial score (nSPS) is 18.4. The number of carbonyl (C=O) groups excluding carboxylic acids is 2. The number of anilines is 2. The highest BCUT2D eigenvalue weighted by atomic mass is 32.2. The van der Waals surface area contributed by atoms with Crippen molar-refractivity contribution in [3.05, 3.63) is 65.4 Å². The number of allylic oxidation sites excluding steroid dienone is 1. The van der Waals surface area contributed by atoms with Crippen molar-refractivity contribution in [2.24, 2.45) is 0 Å². The molecule has 0 saturated heterocycles. The molecule has 0 saturated carbocycles. The lowest BCUT2D eigenvalue weighted by molar-refractivity contribution is -0.119. The topological polar surface area (TPSA) is 49.4 Å². The number of nitrogens with one attached hydrogen (secondary N) is 1. The van der Waals surface area contributed by atoms with E-state index in [9.17, 15) is 9.59 Å². The molecule has 0 radical (unpaired) electrons. The molecule has 0 aromatic heterocycles. The molecule has 0 unspecified atom stereocenters. The van der Waals surface area contributed by atoms with Gasteiger partial charge in [0, 0.05) is 29.0 Å². The molecule has 30 heavy (non-hydrogen) atoms. The largest absolute Gasteiger partial charge is 0.357 e. The van der Waals surface area contributed by atoms with Crippen molar-refractivity contribution in [3.63, 3.8) is 0 Å². The van der Waals surface area contributed by atoms with Gasteiger partial charge in [0.2, 0.25) is 5.91 Å². The molecule has 2 aromatic carbocycles. The molecule has 4 nitrogen and oxygen atoms in total. The number of nitrogens with zero attached hydrogens (tertiary/aromatic N) is 1. The Kier molecular flexibility index (Phi) is 6.28. The van der Waals surface area contributed by atoms with E-state index < -0.39 is 6.04 Å². The standard InChI is InChI=1S/C25H28N2O2S/c1-3-4-12-23(29)27-21-10-6-5-8-19(21)26-20-9-7-11-22(28)24(20)25(27)17-13-15-18(30-2)16-14-17/h5-6,8,10,13-16,25-26H,3-4,7,9,11-12H2,1-2H3/t25-/m0/s1. The number of hydrogen-bond donors (Lipinski definition) is 1. The van der Waals surface area contributed by atoms with Gasteiger partial charge in [-0.1, -0.05) is 37.6 Å². The third-order valence-electron chi connectivity index (χ3n) is 5.88. The lowest BCUT2D eigenvalue weighted by Gasteiger charge is -2.34. The molecular formula is C25H28N2O2S. The summed E-state index contributed by atoms with van der Waals surface area (Å²) in [5, 5.41) is 3.52. The minimum absolute atomic E-state index is 0.0668. The summed E-state index contributed by atoms with van der Waals surface area (Å²) in [6.07, 6.45) is 6.52. The Balaban J connectivity index is 1.92. The van der Waals surface area contributed by atoms with E-state index in [0.717, 1.165) is 53.9 Å². The molecule has 0 spiro atoms. The Morgan fingerprint density at radius 1 is 1.13 bits per heavy atom. The van der Waals surface area contributed by atoms with Crippen molar-refractivity contribution in [1.29, 1.82) is 0 Å². The Hall–Kier alpha value is -2.53. The maximum absolute atomic E-state index is 13.5. The van der Waals surface area contributed by atoms with Crippen LogP contribution >= 0.6 is 11.8 Å². The summed E-state index contributed by atoms with van der Waals surface area (Å²) in [4.78, 5) is 29.7. The predicted molar refractivity (Wildman–Crippen MR) is 124 cm³/mol. The molecule has 0 fully saturated rings. The van der Waals surface area contributed by atoms with Gasteiger partial charge in [0.25, 0.3) is 0 Å². The van der Waals surface area contributed by atoms with Crippen LogP contribution < -0.4 is 10.2 Å². The number of Topliss-reactive ketones (excluding diaryl/α,β-unsaturated/α-hetero) is 1. The Morgan fingerprint density at radius 3 is 2.63 bits per heavy atom. The van der Waals surface area contributed by atoms with E-state index in [4.69, 9.17) is 0 Å². The van der Waals surface area contributed by atoms with E-state index in [0.29, 0.717) is 12.8 Å². The second kappa shape index (κ2) is 9.09. The minimum atomic E-state index is -0.399. The number of unbranched alkanes of at least 4 members (excludes halogenated alkanes) is 1. The minimum Gasteiger partial charge on any atom is -0.357 e. The van der Waals surface area contributed by atoms with Crippen molar-refractivity contribution >= 4 is 34.8 Å². The SMILES string of the molecule is CCCCC(=O)N1c2ccccc2NC2=C(C(=O)CCC2)[C@@H]1c1ccc(SC)cc1. The summed E-state index contributed by atoms with van der Waals surface area (Å²) in [5.74, 6) is 0.209. The fourth-order valence-electron chi connectivity index (χ4n) is 4.36. The van der Waals surface area contributed by atoms with Crippen LogP contribution in [0.3, 0.4) is 0 Å². The highest BCUT2D eigenvalue weighted by molar-refractivity contribution is 7.98. The number of ketones is 1. The van der Waals surface area contributed by atoms with Gasteiger partial charge in [-0.3, -0.25) is 14.5 Å². The van der Waals surface area contributed by atoms with Gasteiger partial charge >= 0.3 is 0 Å². The van der Waals surface area contributed by atoms with Gasteiger partial charge in [0.15, 0.2) is 5.78 Å². The number of amides is 1. The molecule has 1 heterocycles. The zero-order valence-corrected chi connectivity index (χ0v) is 18.4. The first-order valence-corrected chi connectivity index (χ1v) is 11.9. The molecule has 1 N–H and O–H groups in total. The molecule has 1 amide bonds. The number of hydrogen-bond acceptors (Lipinski definition) is 4. The Morgan fingerprint density at radius 2 is 1.90 bits per heavy atom. The zero-order valence-electron chi connectivity index (χ0n) is 17.6. The third kappa shape index (κ3) is 3.91. The average Bonchev–Trinajstić information content (AvgIpc) is 2.92. The van der Waals surface area contributed by atoms with Crippen LogP contribution in [0, 0.1) is 0 Å². The number of carbonyl (C=O) groups is 2. The fourth-order valence-corrected chi connectivity index (χ4v) is 4.77. The van der Waals surface area contributed by atoms with E-state index in [2.05, 4.69) is 36.5 Å². The predicted octanol–water partition coefficient (Wildman–Crippen LogP) is 6.11. The van der Waals surface area contributed by atoms with Gasteiger partial charge in [-0.15, -0.1) is 11.8 Å². The van der Waals surface area contributed by atoms with Gasteiger partial charge in [0.05, 0.1) is 17.4 Å². The molecule has 1 atom stereocenters. The Labute approximate surface area is 182 Å². The van der Waals surface area contributed by atoms with Crippen LogP contribution in [0.25, 0.3) is 0 Å².